The van der Waals surface area contributed by atoms with Crippen molar-refractivity contribution in [3.63, 3.8) is 0 Å². The van der Waals surface area contributed by atoms with Crippen molar-refractivity contribution in [2.75, 3.05) is 12.4 Å². The Morgan fingerprint density at radius 3 is 2.59 bits per heavy atom. The van der Waals surface area contributed by atoms with Crippen LogP contribution in [0.5, 0.6) is 11.5 Å². The molecular formula is C24H17ClIN3O5. The monoisotopic (exact) mass is 589 g/mol. The molecular weight excluding hydrogens is 573 g/mol. The van der Waals surface area contributed by atoms with Gasteiger partial charge in [0.15, 0.2) is 11.5 Å². The summed E-state index contributed by atoms with van der Waals surface area (Å²) in [5.74, 6) is 0.162. The molecule has 1 amide bonds. The number of methoxy groups -OCH3 is 1. The van der Waals surface area contributed by atoms with Gasteiger partial charge in [0.1, 0.15) is 23.9 Å². The number of nitro groups is 1. The Hall–Kier alpha value is -3.62. The van der Waals surface area contributed by atoms with Crippen molar-refractivity contribution in [3.8, 4) is 17.6 Å². The maximum Gasteiger partial charge on any atom is 0.292 e. The van der Waals surface area contributed by atoms with Crippen LogP contribution in [0.2, 0.25) is 5.02 Å². The number of carbonyl (C=O) groups excluding carboxylic acids is 1. The first-order valence-corrected chi connectivity index (χ1v) is 11.2. The molecule has 0 bridgehead atoms. The van der Waals surface area contributed by atoms with Gasteiger partial charge in [-0.05, 0) is 70.1 Å². The lowest BCUT2D eigenvalue weighted by atomic mass is 10.1. The second kappa shape index (κ2) is 11.5. The van der Waals surface area contributed by atoms with Crippen LogP contribution in [0.25, 0.3) is 6.08 Å². The predicted octanol–water partition coefficient (Wildman–Crippen LogP) is 5.99. The Bertz CT molecular complexity index is 1300. The van der Waals surface area contributed by atoms with Crippen LogP contribution in [-0.2, 0) is 11.4 Å². The van der Waals surface area contributed by atoms with Crippen LogP contribution in [0.15, 0.2) is 66.2 Å². The number of nitrogens with zero attached hydrogens (tertiary/aromatic N) is 2. The maximum atomic E-state index is 12.6. The molecule has 0 unspecified atom stereocenters. The summed E-state index contributed by atoms with van der Waals surface area (Å²) in [7, 11) is 1.49. The molecule has 0 atom stereocenters. The molecule has 0 radical (unpaired) electrons. The van der Waals surface area contributed by atoms with Gasteiger partial charge in [-0.3, -0.25) is 14.9 Å². The molecule has 0 saturated carbocycles. The number of anilines is 1. The smallest absolute Gasteiger partial charge is 0.292 e. The van der Waals surface area contributed by atoms with E-state index in [1.807, 2.05) is 18.2 Å². The number of halogens is 2. The standard InChI is InChI=1S/C24H17ClIN3O5/c1-33-22-12-16(11-19(26)23(22)34-14-15-6-8-18(25)9-7-15)10-17(13-27)24(30)28-20-4-2-3-5-21(20)29(31)32/h2-12H,14H2,1H3,(H,28,30)/b17-10-. The van der Waals surface area contributed by atoms with Crippen LogP contribution in [0.1, 0.15) is 11.1 Å². The van der Waals surface area contributed by atoms with E-state index in [2.05, 4.69) is 27.9 Å². The van der Waals surface area contributed by atoms with Crippen LogP contribution in [-0.4, -0.2) is 17.9 Å². The fraction of sp³-hybridized carbons (Fsp3) is 0.0833. The van der Waals surface area contributed by atoms with Crippen molar-refractivity contribution in [2.24, 2.45) is 0 Å². The first-order chi connectivity index (χ1) is 16.3. The van der Waals surface area contributed by atoms with Crippen LogP contribution < -0.4 is 14.8 Å². The molecule has 3 rings (SSSR count). The van der Waals surface area contributed by atoms with Crippen molar-refractivity contribution in [2.45, 2.75) is 6.61 Å². The zero-order valence-corrected chi connectivity index (χ0v) is 20.7. The van der Waals surface area contributed by atoms with Crippen molar-refractivity contribution in [3.05, 3.63) is 96.1 Å². The Balaban J connectivity index is 1.84. The molecule has 0 aliphatic heterocycles. The van der Waals surface area contributed by atoms with Gasteiger partial charge in [-0.25, -0.2) is 0 Å². The third kappa shape index (κ3) is 6.24. The fourth-order valence-corrected chi connectivity index (χ4v) is 3.85. The summed E-state index contributed by atoms with van der Waals surface area (Å²) < 4.78 is 12.1. The van der Waals surface area contributed by atoms with Crippen molar-refractivity contribution < 1.29 is 19.2 Å². The van der Waals surface area contributed by atoms with Crippen molar-refractivity contribution in [1.29, 1.82) is 5.26 Å². The van der Waals surface area contributed by atoms with Crippen molar-refractivity contribution in [1.82, 2.24) is 0 Å². The summed E-state index contributed by atoms with van der Waals surface area (Å²) in [6.45, 7) is 0.292. The first kappa shape index (κ1) is 25.0. The van der Waals surface area contributed by atoms with E-state index in [9.17, 15) is 20.2 Å². The summed E-state index contributed by atoms with van der Waals surface area (Å²) in [6, 6.07) is 18.2. The highest BCUT2D eigenvalue weighted by molar-refractivity contribution is 14.1. The maximum absolute atomic E-state index is 12.6. The third-order valence-electron chi connectivity index (χ3n) is 4.57. The Labute approximate surface area is 214 Å². The van der Waals surface area contributed by atoms with Gasteiger partial charge >= 0.3 is 0 Å². The highest BCUT2D eigenvalue weighted by Crippen LogP contribution is 2.35. The summed E-state index contributed by atoms with van der Waals surface area (Å²) in [4.78, 5) is 23.2. The van der Waals surface area contributed by atoms with E-state index in [0.717, 1.165) is 5.56 Å². The molecule has 3 aromatic carbocycles. The highest BCUT2D eigenvalue weighted by Gasteiger charge is 2.18. The van der Waals surface area contributed by atoms with E-state index < -0.39 is 10.8 Å². The van der Waals surface area contributed by atoms with Crippen molar-refractivity contribution >= 4 is 57.5 Å². The second-order valence-corrected chi connectivity index (χ2v) is 8.45. The summed E-state index contributed by atoms with van der Waals surface area (Å²) in [6.07, 6.45) is 1.37. The van der Waals surface area contributed by atoms with Crippen LogP contribution >= 0.6 is 34.2 Å². The van der Waals surface area contributed by atoms with Crippen LogP contribution in [0.4, 0.5) is 11.4 Å². The van der Waals surface area contributed by atoms with Gasteiger partial charge in [-0.15, -0.1) is 0 Å². The SMILES string of the molecule is COc1cc(/C=C(/C#N)C(=O)Nc2ccccc2[N+](=O)[O-])cc(I)c1OCc1ccc(Cl)cc1. The average Bonchev–Trinajstić information content (AvgIpc) is 2.82. The lowest BCUT2D eigenvalue weighted by molar-refractivity contribution is -0.383. The molecule has 1 N–H and O–H groups in total. The molecule has 0 aliphatic rings. The first-order valence-electron chi connectivity index (χ1n) is 9.73. The summed E-state index contributed by atoms with van der Waals surface area (Å²) in [5, 5.41) is 23.7. The van der Waals surface area contributed by atoms with E-state index in [0.29, 0.717) is 32.3 Å². The molecule has 0 spiro atoms. The Morgan fingerprint density at radius 2 is 1.94 bits per heavy atom. The number of rotatable bonds is 8. The average molecular weight is 590 g/mol. The molecule has 0 aliphatic carbocycles. The second-order valence-electron chi connectivity index (χ2n) is 6.85. The minimum absolute atomic E-state index is 0.00300. The molecule has 10 heteroatoms. The molecule has 172 valence electrons. The molecule has 0 aromatic heterocycles. The lowest BCUT2D eigenvalue weighted by Crippen LogP contribution is -2.14. The van der Waals surface area contributed by atoms with E-state index in [1.54, 1.807) is 30.3 Å². The lowest BCUT2D eigenvalue weighted by Gasteiger charge is -2.14. The van der Waals surface area contributed by atoms with Gasteiger partial charge in [0.05, 0.1) is 15.6 Å². The van der Waals surface area contributed by atoms with E-state index >= 15 is 0 Å². The number of benzene rings is 3. The Kier molecular flexibility index (Phi) is 8.45. The third-order valence-corrected chi connectivity index (χ3v) is 5.63. The van der Waals surface area contributed by atoms with E-state index in [1.165, 1.54) is 31.4 Å². The normalized spacial score (nSPS) is 10.8. The minimum atomic E-state index is -0.770. The topological polar surface area (TPSA) is 114 Å². The summed E-state index contributed by atoms with van der Waals surface area (Å²) >= 11 is 7.99. The number of para-hydroxylation sites is 2. The number of ether oxygens (including phenoxy) is 2. The quantitative estimate of drug-likeness (QED) is 0.114. The molecule has 0 fully saturated rings. The number of amides is 1. The van der Waals surface area contributed by atoms with E-state index in [4.69, 9.17) is 21.1 Å². The number of nitriles is 1. The van der Waals surface area contributed by atoms with Gasteiger partial charge in [-0.1, -0.05) is 35.9 Å². The van der Waals surface area contributed by atoms with Gasteiger partial charge in [-0.2, -0.15) is 5.26 Å². The molecule has 0 heterocycles. The predicted molar refractivity (Wildman–Crippen MR) is 137 cm³/mol. The molecule has 3 aromatic rings. The van der Waals surface area contributed by atoms with Gasteiger partial charge in [0.25, 0.3) is 11.6 Å². The van der Waals surface area contributed by atoms with Gasteiger partial charge in [0, 0.05) is 11.1 Å². The molecule has 0 saturated heterocycles. The van der Waals surface area contributed by atoms with Gasteiger partial charge < -0.3 is 14.8 Å². The number of nitrogens with one attached hydrogen (secondary N) is 1. The largest absolute Gasteiger partial charge is 0.493 e. The number of hydrogen-bond donors (Lipinski definition) is 1. The zero-order valence-electron chi connectivity index (χ0n) is 17.7. The molecule has 34 heavy (non-hydrogen) atoms. The van der Waals surface area contributed by atoms with E-state index in [-0.39, 0.29) is 16.9 Å². The molecule has 8 nitrogen and oxygen atoms in total. The number of carbonyl (C=O) groups is 1. The zero-order chi connectivity index (χ0) is 24.7. The summed E-state index contributed by atoms with van der Waals surface area (Å²) in [5.41, 5.74) is 0.938. The van der Waals surface area contributed by atoms with Crippen LogP contribution in [0.3, 0.4) is 0 Å². The minimum Gasteiger partial charge on any atom is -0.493 e. The Morgan fingerprint density at radius 1 is 1.24 bits per heavy atom. The number of hydrogen-bond acceptors (Lipinski definition) is 6. The fourth-order valence-electron chi connectivity index (χ4n) is 2.94. The van der Waals surface area contributed by atoms with Crippen LogP contribution in [0, 0.1) is 25.0 Å². The number of nitro benzene ring substituents is 1. The van der Waals surface area contributed by atoms with Gasteiger partial charge in [0.2, 0.25) is 0 Å². The highest BCUT2D eigenvalue weighted by atomic mass is 127.